The first kappa shape index (κ1) is 23.5. The highest BCUT2D eigenvalue weighted by atomic mass is 32.2. The van der Waals surface area contributed by atoms with Crippen molar-refractivity contribution >= 4 is 38.5 Å². The molecule has 0 aliphatic heterocycles. The zero-order chi connectivity index (χ0) is 23.3. The number of carbonyl (C=O) groups excluding carboxylic acids is 1. The molecule has 0 saturated heterocycles. The van der Waals surface area contributed by atoms with E-state index in [1.807, 2.05) is 25.1 Å². The molecule has 1 aromatic carbocycles. The molecule has 0 spiro atoms. The van der Waals surface area contributed by atoms with E-state index >= 15 is 0 Å². The van der Waals surface area contributed by atoms with Crippen molar-refractivity contribution in [1.29, 1.82) is 0 Å². The van der Waals surface area contributed by atoms with Crippen LogP contribution in [0.15, 0.2) is 36.7 Å². The third kappa shape index (κ3) is 6.19. The van der Waals surface area contributed by atoms with E-state index in [4.69, 9.17) is 0 Å². The van der Waals surface area contributed by atoms with Crippen molar-refractivity contribution < 1.29 is 13.2 Å². The second kappa shape index (κ2) is 9.99. The van der Waals surface area contributed by atoms with Crippen LogP contribution in [0, 0.1) is 5.92 Å². The Kier molecular flexibility index (Phi) is 7.34. The normalized spacial score (nSPS) is 12.7. The first-order valence-electron chi connectivity index (χ1n) is 10.6. The molecule has 10 heteroatoms. The smallest absolute Gasteiger partial charge is 0.267 e. The Morgan fingerprint density at radius 3 is 2.66 bits per heavy atom. The number of fused-ring (bicyclic) bond motifs is 1. The molecule has 0 saturated carbocycles. The summed E-state index contributed by atoms with van der Waals surface area (Å²) in [5, 5.41) is 7.05. The Balaban J connectivity index is 1.75. The van der Waals surface area contributed by atoms with E-state index in [0.717, 1.165) is 30.0 Å². The molecule has 9 nitrogen and oxygen atoms in total. The lowest BCUT2D eigenvalue weighted by molar-refractivity contribution is 0.0951. The first-order chi connectivity index (χ1) is 15.2. The molecule has 32 heavy (non-hydrogen) atoms. The van der Waals surface area contributed by atoms with Gasteiger partial charge in [0.2, 0.25) is 10.0 Å². The fourth-order valence-corrected chi connectivity index (χ4v) is 4.06. The number of hydrogen-bond acceptors (Lipinski definition) is 6. The summed E-state index contributed by atoms with van der Waals surface area (Å²) in [5.41, 5.74) is 2.65. The minimum atomic E-state index is -3.32. The third-order valence-corrected chi connectivity index (χ3v) is 5.72. The highest BCUT2D eigenvalue weighted by Crippen LogP contribution is 2.24. The summed E-state index contributed by atoms with van der Waals surface area (Å²) in [4.78, 5) is 23.9. The van der Waals surface area contributed by atoms with Crippen molar-refractivity contribution in [3.63, 3.8) is 0 Å². The molecule has 0 fully saturated rings. The maximum absolute atomic E-state index is 12.2. The van der Waals surface area contributed by atoms with Crippen molar-refractivity contribution in [2.24, 2.45) is 5.92 Å². The Labute approximate surface area is 188 Å². The van der Waals surface area contributed by atoms with Gasteiger partial charge in [-0.3, -0.25) is 9.52 Å². The summed E-state index contributed by atoms with van der Waals surface area (Å²) in [6, 6.07) is 9.29. The van der Waals surface area contributed by atoms with Crippen LogP contribution in [0.4, 0.5) is 11.5 Å². The van der Waals surface area contributed by atoms with E-state index in [1.165, 1.54) is 6.33 Å². The van der Waals surface area contributed by atoms with Gasteiger partial charge in [-0.05, 0) is 49.4 Å². The second-order valence-corrected chi connectivity index (χ2v) is 9.88. The van der Waals surface area contributed by atoms with E-state index in [0.29, 0.717) is 35.3 Å². The molecule has 4 N–H and O–H groups in total. The fourth-order valence-electron chi connectivity index (χ4n) is 3.51. The van der Waals surface area contributed by atoms with Crippen LogP contribution in [0.5, 0.6) is 0 Å². The molecule has 1 amide bonds. The molecule has 1 atom stereocenters. The van der Waals surface area contributed by atoms with Crippen molar-refractivity contribution in [2.75, 3.05) is 22.8 Å². The predicted octanol–water partition coefficient (Wildman–Crippen LogP) is 3.15. The second-order valence-electron chi connectivity index (χ2n) is 8.14. The number of aromatic nitrogens is 3. The van der Waals surface area contributed by atoms with Crippen LogP contribution in [0.1, 0.15) is 43.2 Å². The standard InChI is InChI=1S/C22H30N6O3S/c1-5-23-22(29)19-12-17-20(24-13-25-21(17)27-19)26-18(14(2)3)10-9-15-7-6-8-16(11-15)28-32(4,30)31/h6-8,11-14,18,28H,5,9-10H2,1-4H3,(H,23,29)(H2,24,25,26,27)/t18-/m0/s1. The molecule has 2 aromatic heterocycles. The summed E-state index contributed by atoms with van der Waals surface area (Å²) in [5.74, 6) is 0.812. The van der Waals surface area contributed by atoms with Crippen molar-refractivity contribution in [3.8, 4) is 0 Å². The highest BCUT2D eigenvalue weighted by Gasteiger charge is 2.18. The van der Waals surface area contributed by atoms with Gasteiger partial charge in [0.25, 0.3) is 5.91 Å². The lowest BCUT2D eigenvalue weighted by Gasteiger charge is -2.23. The minimum Gasteiger partial charge on any atom is -0.366 e. The largest absolute Gasteiger partial charge is 0.366 e. The highest BCUT2D eigenvalue weighted by molar-refractivity contribution is 7.92. The van der Waals surface area contributed by atoms with Crippen LogP contribution in [-0.2, 0) is 16.4 Å². The maximum Gasteiger partial charge on any atom is 0.267 e. The number of sulfonamides is 1. The van der Waals surface area contributed by atoms with E-state index in [-0.39, 0.29) is 11.9 Å². The van der Waals surface area contributed by atoms with Crippen LogP contribution in [0.25, 0.3) is 11.0 Å². The molecule has 0 aliphatic carbocycles. The molecule has 3 aromatic rings. The Hall–Kier alpha value is -3.14. The van der Waals surface area contributed by atoms with Gasteiger partial charge < -0.3 is 15.6 Å². The van der Waals surface area contributed by atoms with Crippen molar-refractivity contribution in [3.05, 3.63) is 47.9 Å². The maximum atomic E-state index is 12.2. The number of nitrogens with zero attached hydrogens (tertiary/aromatic N) is 2. The molecule has 0 unspecified atom stereocenters. The van der Waals surface area contributed by atoms with Crippen LogP contribution in [-0.4, -0.2) is 48.1 Å². The SMILES string of the molecule is CCNC(=O)c1cc2c(N[C@@H](CCc3cccc(NS(C)(=O)=O)c3)C(C)C)ncnc2[nH]1. The fraction of sp³-hybridized carbons (Fsp3) is 0.409. The van der Waals surface area contributed by atoms with E-state index in [2.05, 4.69) is 44.2 Å². The van der Waals surface area contributed by atoms with Gasteiger partial charge in [-0.15, -0.1) is 0 Å². The van der Waals surface area contributed by atoms with Gasteiger partial charge in [0.1, 0.15) is 23.5 Å². The molecule has 0 radical (unpaired) electrons. The summed E-state index contributed by atoms with van der Waals surface area (Å²) < 4.78 is 25.5. The number of anilines is 2. The number of nitrogens with one attached hydrogen (secondary N) is 4. The summed E-state index contributed by atoms with van der Waals surface area (Å²) in [6.07, 6.45) is 4.19. The number of aryl methyl sites for hydroxylation is 1. The summed E-state index contributed by atoms with van der Waals surface area (Å²) in [7, 11) is -3.32. The number of aromatic amines is 1. The van der Waals surface area contributed by atoms with E-state index in [9.17, 15) is 13.2 Å². The Morgan fingerprint density at radius 2 is 1.97 bits per heavy atom. The van der Waals surface area contributed by atoms with E-state index < -0.39 is 10.0 Å². The molecular weight excluding hydrogens is 428 g/mol. The van der Waals surface area contributed by atoms with Gasteiger partial charge in [0.05, 0.1) is 11.6 Å². The van der Waals surface area contributed by atoms with Crippen LogP contribution in [0.2, 0.25) is 0 Å². The quantitative estimate of drug-likeness (QED) is 0.369. The van der Waals surface area contributed by atoms with Crippen LogP contribution < -0.4 is 15.4 Å². The predicted molar refractivity (Wildman–Crippen MR) is 127 cm³/mol. The molecule has 0 bridgehead atoms. The molecule has 172 valence electrons. The Bertz CT molecular complexity index is 1190. The molecular formula is C22H30N6O3S. The number of rotatable bonds is 10. The minimum absolute atomic E-state index is 0.113. The van der Waals surface area contributed by atoms with Gasteiger partial charge in [-0.1, -0.05) is 26.0 Å². The first-order valence-corrected chi connectivity index (χ1v) is 12.5. The van der Waals surface area contributed by atoms with Crippen LogP contribution >= 0.6 is 0 Å². The van der Waals surface area contributed by atoms with Gasteiger partial charge in [-0.25, -0.2) is 18.4 Å². The van der Waals surface area contributed by atoms with Crippen molar-refractivity contribution in [2.45, 2.75) is 39.7 Å². The number of carbonyl (C=O) groups is 1. The Morgan fingerprint density at radius 1 is 1.19 bits per heavy atom. The summed E-state index contributed by atoms with van der Waals surface area (Å²) >= 11 is 0. The molecule has 0 aliphatic rings. The zero-order valence-electron chi connectivity index (χ0n) is 18.8. The average molecular weight is 459 g/mol. The number of amides is 1. The summed E-state index contributed by atoms with van der Waals surface area (Å²) in [6.45, 7) is 6.68. The lowest BCUT2D eigenvalue weighted by Crippen LogP contribution is -2.27. The van der Waals surface area contributed by atoms with Gasteiger partial charge in [-0.2, -0.15) is 0 Å². The average Bonchev–Trinajstić information content (AvgIpc) is 3.15. The van der Waals surface area contributed by atoms with Gasteiger partial charge >= 0.3 is 0 Å². The topological polar surface area (TPSA) is 129 Å². The van der Waals surface area contributed by atoms with Gasteiger partial charge in [0.15, 0.2) is 0 Å². The van der Waals surface area contributed by atoms with E-state index in [1.54, 1.807) is 12.1 Å². The third-order valence-electron chi connectivity index (χ3n) is 5.11. The molecule has 3 rings (SSSR count). The lowest BCUT2D eigenvalue weighted by atomic mass is 9.96. The zero-order valence-corrected chi connectivity index (χ0v) is 19.6. The van der Waals surface area contributed by atoms with Gasteiger partial charge in [0, 0.05) is 18.3 Å². The molecule has 2 heterocycles. The monoisotopic (exact) mass is 458 g/mol. The number of H-pyrrole nitrogens is 1. The van der Waals surface area contributed by atoms with Crippen LogP contribution in [0.3, 0.4) is 0 Å². The number of benzene rings is 1. The number of hydrogen-bond donors (Lipinski definition) is 4. The van der Waals surface area contributed by atoms with Crippen molar-refractivity contribution in [1.82, 2.24) is 20.3 Å².